The lowest BCUT2D eigenvalue weighted by Crippen LogP contribution is -2.29. The van der Waals surface area contributed by atoms with Crippen molar-refractivity contribution < 1.29 is 18.7 Å². The summed E-state index contributed by atoms with van der Waals surface area (Å²) in [5.41, 5.74) is 1.49. The second-order valence-corrected chi connectivity index (χ2v) is 6.25. The number of amides is 1. The number of benzene rings is 1. The highest BCUT2D eigenvalue weighted by Crippen LogP contribution is 2.23. The largest absolute Gasteiger partial charge is 0.448 e. The van der Waals surface area contributed by atoms with E-state index in [0.29, 0.717) is 10.6 Å². The van der Waals surface area contributed by atoms with Crippen LogP contribution >= 0.6 is 11.3 Å². The Morgan fingerprint density at radius 2 is 1.96 bits per heavy atom. The molecule has 0 radical (unpaired) electrons. The molecule has 6 heteroatoms. The van der Waals surface area contributed by atoms with E-state index in [2.05, 4.69) is 5.32 Å². The number of halogens is 1. The van der Waals surface area contributed by atoms with E-state index < -0.39 is 18.0 Å². The average molecular weight is 335 g/mol. The van der Waals surface area contributed by atoms with Gasteiger partial charge in [-0.15, -0.1) is 11.3 Å². The molecule has 1 aromatic heterocycles. The Bertz CT molecular complexity index is 709. The summed E-state index contributed by atoms with van der Waals surface area (Å²) >= 11 is 1.38. The van der Waals surface area contributed by atoms with Crippen LogP contribution in [0.15, 0.2) is 30.3 Å². The molecule has 1 N–H and O–H groups in total. The van der Waals surface area contributed by atoms with Crippen LogP contribution in [0.1, 0.15) is 34.0 Å². The van der Waals surface area contributed by atoms with Gasteiger partial charge in [-0.05, 0) is 56.2 Å². The van der Waals surface area contributed by atoms with E-state index in [1.165, 1.54) is 42.5 Å². The molecule has 1 aromatic carbocycles. The van der Waals surface area contributed by atoms with Crippen LogP contribution in [0, 0.1) is 12.7 Å². The van der Waals surface area contributed by atoms with E-state index in [4.69, 9.17) is 4.74 Å². The number of rotatable bonds is 5. The van der Waals surface area contributed by atoms with Gasteiger partial charge in [-0.3, -0.25) is 4.79 Å². The third kappa shape index (κ3) is 4.39. The molecule has 0 saturated heterocycles. The number of ether oxygens (including phenoxy) is 1. The van der Waals surface area contributed by atoms with Crippen LogP contribution in [0.4, 0.5) is 10.1 Å². The Hall–Kier alpha value is -2.21. The normalized spacial score (nSPS) is 11.8. The lowest BCUT2D eigenvalue weighted by Gasteiger charge is -2.13. The van der Waals surface area contributed by atoms with E-state index >= 15 is 0 Å². The minimum absolute atomic E-state index is 0.387. The predicted molar refractivity (Wildman–Crippen MR) is 88.3 cm³/mol. The SMILES string of the molecule is CCc1sc(C(=O)O[C@H](C)C(=O)Nc2ccc(F)cc2)cc1C. The zero-order valence-corrected chi connectivity index (χ0v) is 14.0. The number of hydrogen-bond acceptors (Lipinski definition) is 4. The van der Waals surface area contributed by atoms with Gasteiger partial charge in [-0.1, -0.05) is 6.92 Å². The molecule has 1 heterocycles. The van der Waals surface area contributed by atoms with Crippen LogP contribution in [-0.2, 0) is 16.0 Å². The van der Waals surface area contributed by atoms with Gasteiger partial charge in [0.25, 0.3) is 5.91 Å². The standard InChI is InChI=1S/C17H18FNO3S/c1-4-14-10(2)9-15(23-14)17(21)22-11(3)16(20)19-13-7-5-12(18)6-8-13/h5-9,11H,4H2,1-3H3,(H,19,20)/t11-/m1/s1. The summed E-state index contributed by atoms with van der Waals surface area (Å²) in [6, 6.07) is 7.15. The second kappa shape index (κ2) is 7.37. The smallest absolute Gasteiger partial charge is 0.349 e. The Balaban J connectivity index is 1.96. The van der Waals surface area contributed by atoms with Gasteiger partial charge in [0.1, 0.15) is 10.7 Å². The van der Waals surface area contributed by atoms with E-state index in [1.54, 1.807) is 6.07 Å². The number of carbonyl (C=O) groups excluding carboxylic acids is 2. The van der Waals surface area contributed by atoms with Crippen LogP contribution in [0.25, 0.3) is 0 Å². The summed E-state index contributed by atoms with van der Waals surface area (Å²) in [5, 5.41) is 2.57. The Kier molecular flexibility index (Phi) is 5.50. The first-order valence-electron chi connectivity index (χ1n) is 7.27. The van der Waals surface area contributed by atoms with Crippen LogP contribution in [-0.4, -0.2) is 18.0 Å². The molecule has 0 aliphatic rings. The first kappa shape index (κ1) is 17.1. The number of carbonyl (C=O) groups is 2. The molecular weight excluding hydrogens is 317 g/mol. The van der Waals surface area contributed by atoms with Gasteiger partial charge in [0.15, 0.2) is 6.10 Å². The van der Waals surface area contributed by atoms with Crippen molar-refractivity contribution in [1.29, 1.82) is 0 Å². The summed E-state index contributed by atoms with van der Waals surface area (Å²) in [6.07, 6.45) is -0.0928. The fourth-order valence-corrected chi connectivity index (χ4v) is 3.02. The number of esters is 1. The molecule has 0 aliphatic carbocycles. The molecule has 2 rings (SSSR count). The highest BCUT2D eigenvalue weighted by atomic mass is 32.1. The predicted octanol–water partition coefficient (Wildman–Crippen LogP) is 3.94. The number of anilines is 1. The zero-order chi connectivity index (χ0) is 17.0. The van der Waals surface area contributed by atoms with Gasteiger partial charge in [-0.25, -0.2) is 9.18 Å². The van der Waals surface area contributed by atoms with E-state index in [9.17, 15) is 14.0 Å². The Labute approximate surface area is 138 Å². The van der Waals surface area contributed by atoms with Gasteiger partial charge >= 0.3 is 5.97 Å². The zero-order valence-electron chi connectivity index (χ0n) is 13.2. The molecular formula is C17H18FNO3S. The molecule has 0 aliphatic heterocycles. The first-order valence-corrected chi connectivity index (χ1v) is 8.09. The molecule has 1 atom stereocenters. The highest BCUT2D eigenvalue weighted by molar-refractivity contribution is 7.14. The monoisotopic (exact) mass is 335 g/mol. The number of aryl methyl sites for hydroxylation is 2. The Morgan fingerprint density at radius 3 is 2.52 bits per heavy atom. The maximum atomic E-state index is 12.8. The third-order valence-corrected chi connectivity index (χ3v) is 4.67. The van der Waals surface area contributed by atoms with Crippen LogP contribution < -0.4 is 5.32 Å². The topological polar surface area (TPSA) is 55.4 Å². The summed E-state index contributed by atoms with van der Waals surface area (Å²) in [4.78, 5) is 25.7. The molecule has 2 aromatic rings. The summed E-state index contributed by atoms with van der Waals surface area (Å²) in [5.74, 6) is -1.37. The number of nitrogens with one attached hydrogen (secondary N) is 1. The molecule has 122 valence electrons. The minimum atomic E-state index is -0.944. The fraction of sp³-hybridized carbons (Fsp3) is 0.294. The van der Waals surface area contributed by atoms with Crippen LogP contribution in [0.2, 0.25) is 0 Å². The molecule has 0 unspecified atom stereocenters. The number of hydrogen-bond donors (Lipinski definition) is 1. The van der Waals surface area contributed by atoms with Crippen molar-refractivity contribution in [2.75, 3.05) is 5.32 Å². The van der Waals surface area contributed by atoms with Gasteiger partial charge in [0.2, 0.25) is 0 Å². The fourth-order valence-electron chi connectivity index (χ4n) is 2.02. The molecule has 4 nitrogen and oxygen atoms in total. The summed E-state index contributed by atoms with van der Waals surface area (Å²) in [6.45, 7) is 5.46. The van der Waals surface area contributed by atoms with E-state index in [-0.39, 0.29) is 5.82 Å². The van der Waals surface area contributed by atoms with Crippen LogP contribution in [0.3, 0.4) is 0 Å². The lowest BCUT2D eigenvalue weighted by molar-refractivity contribution is -0.123. The maximum absolute atomic E-state index is 12.8. The molecule has 1 amide bonds. The van der Waals surface area contributed by atoms with Crippen molar-refractivity contribution in [1.82, 2.24) is 0 Å². The van der Waals surface area contributed by atoms with Gasteiger partial charge < -0.3 is 10.1 Å². The molecule has 0 bridgehead atoms. The lowest BCUT2D eigenvalue weighted by atomic mass is 10.2. The van der Waals surface area contributed by atoms with Gasteiger partial charge in [0.05, 0.1) is 0 Å². The van der Waals surface area contributed by atoms with Gasteiger partial charge in [-0.2, -0.15) is 0 Å². The maximum Gasteiger partial charge on any atom is 0.349 e. The van der Waals surface area contributed by atoms with E-state index in [0.717, 1.165) is 16.9 Å². The first-order chi connectivity index (χ1) is 10.9. The minimum Gasteiger partial charge on any atom is -0.448 e. The molecule has 0 spiro atoms. The summed E-state index contributed by atoms with van der Waals surface area (Å²) < 4.78 is 18.0. The van der Waals surface area contributed by atoms with Gasteiger partial charge in [0, 0.05) is 10.6 Å². The highest BCUT2D eigenvalue weighted by Gasteiger charge is 2.21. The quantitative estimate of drug-likeness (QED) is 0.842. The van der Waals surface area contributed by atoms with Crippen molar-refractivity contribution in [2.24, 2.45) is 0 Å². The average Bonchev–Trinajstić information content (AvgIpc) is 2.90. The number of thiophene rings is 1. The molecule has 0 saturated carbocycles. The third-order valence-electron chi connectivity index (χ3n) is 3.31. The second-order valence-electron chi connectivity index (χ2n) is 5.11. The van der Waals surface area contributed by atoms with Crippen molar-refractivity contribution in [3.8, 4) is 0 Å². The molecule has 23 heavy (non-hydrogen) atoms. The summed E-state index contributed by atoms with van der Waals surface area (Å²) in [7, 11) is 0. The van der Waals surface area contributed by atoms with Crippen molar-refractivity contribution in [3.05, 3.63) is 51.5 Å². The van der Waals surface area contributed by atoms with Crippen molar-refractivity contribution in [3.63, 3.8) is 0 Å². The molecule has 0 fully saturated rings. The van der Waals surface area contributed by atoms with Crippen molar-refractivity contribution >= 4 is 28.9 Å². The Morgan fingerprint density at radius 1 is 1.30 bits per heavy atom. The van der Waals surface area contributed by atoms with Crippen LogP contribution in [0.5, 0.6) is 0 Å². The van der Waals surface area contributed by atoms with Crippen molar-refractivity contribution in [2.45, 2.75) is 33.3 Å². The van der Waals surface area contributed by atoms with E-state index in [1.807, 2.05) is 13.8 Å².